The highest BCUT2D eigenvalue weighted by Crippen LogP contribution is 2.20. The molecule has 2 aromatic heterocycles. The van der Waals surface area contributed by atoms with Gasteiger partial charge in [-0.2, -0.15) is 0 Å². The van der Waals surface area contributed by atoms with Gasteiger partial charge in [0.15, 0.2) is 0 Å². The number of aryl methyl sites for hydroxylation is 1. The highest BCUT2D eigenvalue weighted by molar-refractivity contribution is 6.13. The van der Waals surface area contributed by atoms with Crippen LogP contribution in [0.4, 0.5) is 20.7 Å². The van der Waals surface area contributed by atoms with Crippen molar-refractivity contribution in [2.24, 2.45) is 0 Å². The summed E-state index contributed by atoms with van der Waals surface area (Å²) in [5, 5.41) is 13.8. The minimum atomic E-state index is -0.522. The summed E-state index contributed by atoms with van der Waals surface area (Å²) < 4.78 is 18.3. The molecule has 1 aromatic carbocycles. The number of hydrogen-bond donors (Lipinski definition) is 4. The van der Waals surface area contributed by atoms with Gasteiger partial charge in [-0.05, 0) is 36.8 Å². The van der Waals surface area contributed by atoms with Gasteiger partial charge in [0.05, 0.1) is 18.4 Å². The van der Waals surface area contributed by atoms with Crippen LogP contribution < -0.4 is 16.4 Å². The quantitative estimate of drug-likeness (QED) is 0.434. The Morgan fingerprint density at radius 2 is 1.97 bits per heavy atom. The number of nitrogen functional groups attached to an aromatic ring is 1. The molecule has 0 spiro atoms. The number of anilines is 2. The molecule has 3 rings (SSSR count). The Balaban J connectivity index is 1.70. The zero-order valence-electron chi connectivity index (χ0n) is 17.1. The van der Waals surface area contributed by atoms with Gasteiger partial charge in [-0.3, -0.25) is 15.7 Å². The van der Waals surface area contributed by atoms with E-state index in [9.17, 15) is 9.18 Å². The van der Waals surface area contributed by atoms with E-state index in [-0.39, 0.29) is 24.0 Å². The van der Waals surface area contributed by atoms with Crippen molar-refractivity contribution in [2.45, 2.75) is 13.0 Å². The minimum Gasteiger partial charge on any atom is -0.398 e. The van der Waals surface area contributed by atoms with E-state index in [0.29, 0.717) is 22.4 Å². The maximum Gasteiger partial charge on any atom is 0.320 e. The average Bonchev–Trinajstić information content (AvgIpc) is 2.73. The molecular weight excluding hydrogens is 399 g/mol. The van der Waals surface area contributed by atoms with Crippen LogP contribution in [0.2, 0.25) is 0 Å². The van der Waals surface area contributed by atoms with Crippen molar-refractivity contribution < 1.29 is 13.9 Å². The average molecular weight is 422 g/mol. The second kappa shape index (κ2) is 9.77. The van der Waals surface area contributed by atoms with Gasteiger partial charge in [-0.1, -0.05) is 12.1 Å². The molecule has 3 aromatic rings. The summed E-state index contributed by atoms with van der Waals surface area (Å²) in [4.78, 5) is 20.8. The van der Waals surface area contributed by atoms with E-state index in [4.69, 9.17) is 15.9 Å². The Labute approximate surface area is 179 Å². The van der Waals surface area contributed by atoms with Gasteiger partial charge in [0, 0.05) is 48.1 Å². The third-order valence-corrected chi connectivity index (χ3v) is 4.54. The Hall–Kier alpha value is -3.85. The summed E-state index contributed by atoms with van der Waals surface area (Å²) >= 11 is 0. The van der Waals surface area contributed by atoms with E-state index in [2.05, 4.69) is 20.6 Å². The molecule has 2 amide bonds. The lowest BCUT2D eigenvalue weighted by Crippen LogP contribution is -2.35. The second-order valence-electron chi connectivity index (χ2n) is 6.88. The van der Waals surface area contributed by atoms with Crippen LogP contribution in [0.15, 0.2) is 54.9 Å². The number of benzene rings is 1. The number of ether oxygens (including phenoxy) is 1. The van der Waals surface area contributed by atoms with Crippen LogP contribution in [0.3, 0.4) is 0 Å². The number of amides is 2. The van der Waals surface area contributed by atoms with Crippen molar-refractivity contribution in [3.05, 3.63) is 83.1 Å². The first-order valence-corrected chi connectivity index (χ1v) is 9.46. The van der Waals surface area contributed by atoms with Crippen molar-refractivity contribution in [1.29, 1.82) is 5.41 Å². The lowest BCUT2D eigenvalue weighted by Gasteiger charge is -2.19. The first-order chi connectivity index (χ1) is 14.9. The predicted molar refractivity (Wildman–Crippen MR) is 117 cm³/mol. The molecule has 5 N–H and O–H groups in total. The van der Waals surface area contributed by atoms with Crippen LogP contribution in [0, 0.1) is 18.2 Å². The highest BCUT2D eigenvalue weighted by Gasteiger charge is 2.16. The Morgan fingerprint density at radius 3 is 2.61 bits per heavy atom. The van der Waals surface area contributed by atoms with Gasteiger partial charge in [0.1, 0.15) is 11.6 Å². The number of urea groups is 1. The third-order valence-electron chi connectivity index (χ3n) is 4.54. The first kappa shape index (κ1) is 21.8. The van der Waals surface area contributed by atoms with E-state index in [1.54, 1.807) is 30.5 Å². The highest BCUT2D eigenvalue weighted by atomic mass is 19.1. The number of nitrogens with zero attached hydrogens (tertiary/aromatic N) is 2. The van der Waals surface area contributed by atoms with E-state index in [0.717, 1.165) is 5.69 Å². The lowest BCUT2D eigenvalue weighted by molar-refractivity contribution is 0.168. The maximum atomic E-state index is 13.2. The van der Waals surface area contributed by atoms with Crippen molar-refractivity contribution in [3.63, 3.8) is 0 Å². The summed E-state index contributed by atoms with van der Waals surface area (Å²) in [5.74, 6) is -0.135. The molecular formula is C22H23FN6O2. The minimum absolute atomic E-state index is 0.204. The molecule has 0 aliphatic heterocycles. The smallest absolute Gasteiger partial charge is 0.320 e. The number of aromatic nitrogens is 2. The number of nitrogens with one attached hydrogen (secondary N) is 3. The van der Waals surface area contributed by atoms with Crippen LogP contribution in [-0.4, -0.2) is 35.4 Å². The number of halogens is 1. The molecule has 1 unspecified atom stereocenters. The van der Waals surface area contributed by atoms with Crippen LogP contribution in [0.25, 0.3) is 0 Å². The normalized spacial score (nSPS) is 11.6. The second-order valence-corrected chi connectivity index (χ2v) is 6.88. The summed E-state index contributed by atoms with van der Waals surface area (Å²) in [6.45, 7) is 2.04. The van der Waals surface area contributed by atoms with Gasteiger partial charge in [0.2, 0.25) is 0 Å². The summed E-state index contributed by atoms with van der Waals surface area (Å²) in [6.07, 6.45) is 3.07. The largest absolute Gasteiger partial charge is 0.398 e. The maximum absolute atomic E-state index is 13.2. The van der Waals surface area contributed by atoms with E-state index >= 15 is 0 Å². The van der Waals surface area contributed by atoms with Crippen molar-refractivity contribution in [3.8, 4) is 0 Å². The summed E-state index contributed by atoms with van der Waals surface area (Å²) in [6, 6.07) is 9.78. The van der Waals surface area contributed by atoms with E-state index < -0.39 is 12.1 Å². The van der Waals surface area contributed by atoms with Crippen molar-refractivity contribution >= 4 is 23.2 Å². The fraction of sp³-hybridized carbons (Fsp3) is 0.182. The van der Waals surface area contributed by atoms with Crippen molar-refractivity contribution in [2.75, 3.05) is 24.8 Å². The Kier molecular flexibility index (Phi) is 6.88. The molecule has 0 saturated heterocycles. The number of carbonyl (C=O) groups is 1. The fourth-order valence-corrected chi connectivity index (χ4v) is 3.00. The number of rotatable bonds is 7. The van der Waals surface area contributed by atoms with Gasteiger partial charge in [-0.15, -0.1) is 0 Å². The van der Waals surface area contributed by atoms with Crippen LogP contribution in [0.1, 0.15) is 28.4 Å². The number of methoxy groups -OCH3 is 1. The number of hydrogen-bond acceptors (Lipinski definition) is 6. The topological polar surface area (TPSA) is 126 Å². The Bertz CT molecular complexity index is 1090. The molecule has 2 heterocycles. The predicted octanol–water partition coefficient (Wildman–Crippen LogP) is 3.43. The lowest BCUT2D eigenvalue weighted by atomic mass is 10.0. The first-order valence-electron chi connectivity index (χ1n) is 9.46. The number of carbonyl (C=O) groups excluding carboxylic acids is 1. The number of pyridine rings is 2. The molecule has 9 heteroatoms. The molecule has 160 valence electrons. The fourth-order valence-electron chi connectivity index (χ4n) is 3.00. The van der Waals surface area contributed by atoms with Crippen molar-refractivity contribution in [1.82, 2.24) is 15.3 Å². The van der Waals surface area contributed by atoms with Crippen LogP contribution in [-0.2, 0) is 4.74 Å². The third kappa shape index (κ3) is 5.61. The zero-order valence-corrected chi connectivity index (χ0v) is 17.1. The molecule has 0 aliphatic carbocycles. The van der Waals surface area contributed by atoms with Gasteiger partial charge in [0.25, 0.3) is 0 Å². The van der Waals surface area contributed by atoms with Gasteiger partial charge >= 0.3 is 6.03 Å². The monoisotopic (exact) mass is 422 g/mol. The molecule has 0 aliphatic rings. The summed E-state index contributed by atoms with van der Waals surface area (Å²) in [7, 11) is 1.51. The SMILES string of the molecule is COCC(NC(=O)Nc1cc(N)c(C(=N)c2ccnc(C)c2)cn1)c1ccc(F)cc1. The van der Waals surface area contributed by atoms with E-state index in [1.807, 2.05) is 6.92 Å². The molecule has 31 heavy (non-hydrogen) atoms. The van der Waals surface area contributed by atoms with Crippen LogP contribution in [0.5, 0.6) is 0 Å². The molecule has 0 saturated carbocycles. The Morgan fingerprint density at radius 1 is 1.23 bits per heavy atom. The zero-order chi connectivity index (χ0) is 22.4. The van der Waals surface area contributed by atoms with E-state index in [1.165, 1.54) is 31.5 Å². The number of nitrogens with two attached hydrogens (primary N) is 1. The van der Waals surface area contributed by atoms with Gasteiger partial charge < -0.3 is 15.8 Å². The molecule has 8 nitrogen and oxygen atoms in total. The molecule has 0 bridgehead atoms. The van der Waals surface area contributed by atoms with Crippen LogP contribution >= 0.6 is 0 Å². The summed E-state index contributed by atoms with van der Waals surface area (Å²) in [5.41, 5.74) is 9.21. The molecule has 0 fully saturated rings. The molecule has 1 atom stereocenters. The molecule has 0 radical (unpaired) electrons. The standard InChI is InChI=1S/C22H23FN6O2/c1-13-9-15(7-8-26-13)21(25)17-11-27-20(10-18(17)24)29-22(30)28-19(12-31-2)14-3-5-16(23)6-4-14/h3-11,19,25H,12H2,1-2H3,(H4,24,27,28,29,30). The van der Waals surface area contributed by atoms with Gasteiger partial charge in [-0.25, -0.2) is 14.2 Å².